The van der Waals surface area contributed by atoms with Gasteiger partial charge in [-0.3, -0.25) is 9.48 Å². The molecule has 0 saturated carbocycles. The van der Waals surface area contributed by atoms with Gasteiger partial charge in [0.2, 0.25) is 0 Å². The molecular weight excluding hydrogens is 144 g/mol. The van der Waals surface area contributed by atoms with Gasteiger partial charge in [-0.05, 0) is 0 Å². The van der Waals surface area contributed by atoms with Crippen LogP contribution in [0.4, 0.5) is 5.69 Å². The average molecular weight is 152 g/mol. The standard InChI is InChI=1S/C6H8N4O/c7-4-3-9-10-2-1-8-6(11)5(4)10/h3H,1-2,7H2,(H,8,11). The van der Waals surface area contributed by atoms with E-state index in [2.05, 4.69) is 10.4 Å². The molecule has 0 aliphatic carbocycles. The lowest BCUT2D eigenvalue weighted by molar-refractivity contribution is 0.0925. The molecule has 0 fully saturated rings. The molecule has 1 amide bonds. The maximum atomic E-state index is 11.1. The van der Waals surface area contributed by atoms with E-state index in [4.69, 9.17) is 5.73 Å². The summed E-state index contributed by atoms with van der Waals surface area (Å²) in [6.45, 7) is 1.34. The topological polar surface area (TPSA) is 72.9 Å². The molecular formula is C6H8N4O. The van der Waals surface area contributed by atoms with Crippen molar-refractivity contribution in [1.82, 2.24) is 15.1 Å². The van der Waals surface area contributed by atoms with Crippen LogP contribution in [0.25, 0.3) is 0 Å². The number of aromatic nitrogens is 2. The second-order valence-electron chi connectivity index (χ2n) is 2.43. The minimum atomic E-state index is -0.133. The number of anilines is 1. The third-order valence-corrected chi connectivity index (χ3v) is 1.69. The number of hydrogen-bond acceptors (Lipinski definition) is 3. The second-order valence-corrected chi connectivity index (χ2v) is 2.43. The molecule has 3 N–H and O–H groups in total. The summed E-state index contributed by atoms with van der Waals surface area (Å²) in [6.07, 6.45) is 1.50. The summed E-state index contributed by atoms with van der Waals surface area (Å²) in [5, 5.41) is 6.62. The van der Waals surface area contributed by atoms with Crippen molar-refractivity contribution in [2.24, 2.45) is 0 Å². The fourth-order valence-corrected chi connectivity index (χ4v) is 1.18. The summed E-state index contributed by atoms with van der Waals surface area (Å²) in [5.74, 6) is -0.133. The van der Waals surface area contributed by atoms with Crippen LogP contribution in [0.3, 0.4) is 0 Å². The molecule has 0 saturated heterocycles. The molecule has 0 aromatic carbocycles. The molecule has 1 aliphatic rings. The number of rotatable bonds is 0. The molecule has 58 valence electrons. The van der Waals surface area contributed by atoms with E-state index in [1.807, 2.05) is 0 Å². The molecule has 2 rings (SSSR count). The molecule has 1 aromatic rings. The predicted octanol–water partition coefficient (Wildman–Crippen LogP) is -0.791. The summed E-state index contributed by atoms with van der Waals surface area (Å²) in [6, 6.07) is 0. The van der Waals surface area contributed by atoms with Crippen molar-refractivity contribution in [1.29, 1.82) is 0 Å². The Morgan fingerprint density at radius 1 is 1.73 bits per heavy atom. The van der Waals surface area contributed by atoms with E-state index < -0.39 is 0 Å². The number of carbonyl (C=O) groups is 1. The smallest absolute Gasteiger partial charge is 0.271 e. The van der Waals surface area contributed by atoms with Crippen LogP contribution >= 0.6 is 0 Å². The minimum absolute atomic E-state index is 0.133. The van der Waals surface area contributed by atoms with Crippen molar-refractivity contribution in [2.45, 2.75) is 6.54 Å². The van der Waals surface area contributed by atoms with Gasteiger partial charge in [0.1, 0.15) is 5.69 Å². The fourth-order valence-electron chi connectivity index (χ4n) is 1.18. The zero-order valence-corrected chi connectivity index (χ0v) is 5.87. The Morgan fingerprint density at radius 3 is 3.27 bits per heavy atom. The van der Waals surface area contributed by atoms with E-state index in [1.54, 1.807) is 4.68 Å². The number of nitrogens with two attached hydrogens (primary N) is 1. The monoisotopic (exact) mass is 152 g/mol. The van der Waals surface area contributed by atoms with Crippen molar-refractivity contribution in [3.8, 4) is 0 Å². The van der Waals surface area contributed by atoms with Crippen molar-refractivity contribution in [3.63, 3.8) is 0 Å². The molecule has 11 heavy (non-hydrogen) atoms. The number of nitrogens with zero attached hydrogens (tertiary/aromatic N) is 2. The van der Waals surface area contributed by atoms with E-state index in [1.165, 1.54) is 6.20 Å². The predicted molar refractivity (Wildman–Crippen MR) is 39.0 cm³/mol. The van der Waals surface area contributed by atoms with Crippen LogP contribution in [0.1, 0.15) is 10.5 Å². The van der Waals surface area contributed by atoms with Crippen LogP contribution in [0.15, 0.2) is 6.20 Å². The molecule has 0 radical (unpaired) electrons. The van der Waals surface area contributed by atoms with E-state index in [9.17, 15) is 4.79 Å². The van der Waals surface area contributed by atoms with Crippen molar-refractivity contribution in [2.75, 3.05) is 12.3 Å². The van der Waals surface area contributed by atoms with E-state index in [0.29, 0.717) is 24.5 Å². The van der Waals surface area contributed by atoms with Gasteiger partial charge >= 0.3 is 0 Å². The van der Waals surface area contributed by atoms with Gasteiger partial charge in [0, 0.05) is 6.54 Å². The summed E-state index contributed by atoms with van der Waals surface area (Å²) < 4.78 is 1.62. The first-order valence-corrected chi connectivity index (χ1v) is 3.38. The van der Waals surface area contributed by atoms with E-state index in [-0.39, 0.29) is 5.91 Å². The normalized spacial score (nSPS) is 15.8. The highest BCUT2D eigenvalue weighted by atomic mass is 16.2. The number of carbonyl (C=O) groups excluding carboxylic acids is 1. The van der Waals surface area contributed by atoms with E-state index in [0.717, 1.165) is 0 Å². The Morgan fingerprint density at radius 2 is 2.55 bits per heavy atom. The molecule has 1 aliphatic heterocycles. The van der Waals surface area contributed by atoms with Gasteiger partial charge in [-0.1, -0.05) is 0 Å². The maximum absolute atomic E-state index is 11.1. The lowest BCUT2D eigenvalue weighted by atomic mass is 10.3. The molecule has 5 heteroatoms. The lowest BCUT2D eigenvalue weighted by Gasteiger charge is -2.13. The Bertz CT molecular complexity index is 304. The quantitative estimate of drug-likeness (QED) is 0.511. The summed E-state index contributed by atoms with van der Waals surface area (Å²) >= 11 is 0. The first-order chi connectivity index (χ1) is 5.29. The fraction of sp³-hybridized carbons (Fsp3) is 0.333. The van der Waals surface area contributed by atoms with Gasteiger partial charge < -0.3 is 11.1 Å². The van der Waals surface area contributed by atoms with Crippen molar-refractivity contribution < 1.29 is 4.79 Å². The van der Waals surface area contributed by atoms with Gasteiger partial charge in [-0.25, -0.2) is 0 Å². The Hall–Kier alpha value is -1.52. The van der Waals surface area contributed by atoms with Crippen LogP contribution in [-0.4, -0.2) is 22.2 Å². The number of fused-ring (bicyclic) bond motifs is 1. The average Bonchev–Trinajstić information content (AvgIpc) is 2.34. The van der Waals surface area contributed by atoms with Crippen LogP contribution in [0.5, 0.6) is 0 Å². The first-order valence-electron chi connectivity index (χ1n) is 3.38. The molecule has 0 spiro atoms. The van der Waals surface area contributed by atoms with Crippen LogP contribution in [-0.2, 0) is 6.54 Å². The van der Waals surface area contributed by atoms with Gasteiger partial charge in [0.15, 0.2) is 0 Å². The molecule has 0 unspecified atom stereocenters. The van der Waals surface area contributed by atoms with Crippen LogP contribution < -0.4 is 11.1 Å². The van der Waals surface area contributed by atoms with Gasteiger partial charge in [0.05, 0.1) is 18.4 Å². The van der Waals surface area contributed by atoms with Crippen molar-refractivity contribution in [3.05, 3.63) is 11.9 Å². The highest BCUT2D eigenvalue weighted by Crippen LogP contribution is 2.12. The minimum Gasteiger partial charge on any atom is -0.396 e. The molecule has 0 atom stereocenters. The molecule has 0 bridgehead atoms. The largest absolute Gasteiger partial charge is 0.396 e. The van der Waals surface area contributed by atoms with E-state index >= 15 is 0 Å². The van der Waals surface area contributed by atoms with Crippen LogP contribution in [0.2, 0.25) is 0 Å². The Kier molecular flexibility index (Phi) is 1.12. The molecule has 1 aromatic heterocycles. The zero-order chi connectivity index (χ0) is 7.84. The number of nitrogen functional groups attached to an aromatic ring is 1. The highest BCUT2D eigenvalue weighted by Gasteiger charge is 2.19. The van der Waals surface area contributed by atoms with Gasteiger partial charge in [0.25, 0.3) is 5.91 Å². The Labute approximate surface area is 63.2 Å². The summed E-state index contributed by atoms with van der Waals surface area (Å²) in [4.78, 5) is 11.1. The number of amides is 1. The first kappa shape index (κ1) is 6.21. The molecule has 2 heterocycles. The SMILES string of the molecule is Nc1cnn2c1C(=O)NCC2. The summed E-state index contributed by atoms with van der Waals surface area (Å²) in [7, 11) is 0. The number of nitrogens with one attached hydrogen (secondary N) is 1. The second kappa shape index (κ2) is 1.98. The number of hydrogen-bond donors (Lipinski definition) is 2. The van der Waals surface area contributed by atoms with Gasteiger partial charge in [-0.15, -0.1) is 0 Å². The van der Waals surface area contributed by atoms with Crippen molar-refractivity contribution >= 4 is 11.6 Å². The lowest BCUT2D eigenvalue weighted by Crippen LogP contribution is -2.35. The Balaban J connectivity index is 2.56. The third-order valence-electron chi connectivity index (χ3n) is 1.69. The highest BCUT2D eigenvalue weighted by molar-refractivity contribution is 5.97. The zero-order valence-electron chi connectivity index (χ0n) is 5.87. The maximum Gasteiger partial charge on any atom is 0.271 e. The third kappa shape index (κ3) is 0.772. The van der Waals surface area contributed by atoms with Gasteiger partial charge in [-0.2, -0.15) is 5.10 Å². The summed E-state index contributed by atoms with van der Waals surface area (Å²) in [5.41, 5.74) is 6.44. The van der Waals surface area contributed by atoms with Crippen LogP contribution in [0, 0.1) is 0 Å². The molecule has 5 nitrogen and oxygen atoms in total.